The number of hydrogen-bond donors (Lipinski definition) is 2. The van der Waals surface area contributed by atoms with Crippen LogP contribution in [-0.4, -0.2) is 18.0 Å². The number of nitrogens with one attached hydrogen (secondary N) is 1. The lowest BCUT2D eigenvalue weighted by Gasteiger charge is -2.29. The standard InChI is InChI=1S/C18H26N2O.ClH/c19-15-8-10-16(11-9-15)20-18(21)12-14-6-3-5-13-4-1-2-7-17(13)14;/h1-2,4,7,14-16H,3,5-6,8-12,19H2,(H,20,21);1H. The topological polar surface area (TPSA) is 55.1 Å². The van der Waals surface area contributed by atoms with Gasteiger partial charge in [0, 0.05) is 18.5 Å². The molecule has 0 heterocycles. The number of rotatable bonds is 3. The lowest BCUT2D eigenvalue weighted by Crippen LogP contribution is -2.40. The normalized spacial score (nSPS) is 27.4. The lowest BCUT2D eigenvalue weighted by molar-refractivity contribution is -0.122. The highest BCUT2D eigenvalue weighted by Gasteiger charge is 2.24. The van der Waals surface area contributed by atoms with E-state index < -0.39 is 0 Å². The molecule has 1 unspecified atom stereocenters. The Morgan fingerprint density at radius 1 is 1.14 bits per heavy atom. The number of carbonyl (C=O) groups is 1. The molecule has 1 saturated carbocycles. The SMILES string of the molecule is Cl.NC1CCC(NC(=O)CC2CCCc3ccccc32)CC1. The van der Waals surface area contributed by atoms with Gasteiger partial charge in [-0.05, 0) is 62.0 Å². The zero-order chi connectivity index (χ0) is 14.7. The van der Waals surface area contributed by atoms with Crippen LogP contribution in [0.5, 0.6) is 0 Å². The molecule has 3 nitrogen and oxygen atoms in total. The molecule has 2 aliphatic rings. The Kier molecular flexibility index (Phi) is 6.27. The van der Waals surface area contributed by atoms with Crippen LogP contribution in [0.25, 0.3) is 0 Å². The third-order valence-corrected chi connectivity index (χ3v) is 5.06. The summed E-state index contributed by atoms with van der Waals surface area (Å²) in [7, 11) is 0. The van der Waals surface area contributed by atoms with Gasteiger partial charge in [-0.2, -0.15) is 0 Å². The van der Waals surface area contributed by atoms with Gasteiger partial charge >= 0.3 is 0 Å². The van der Waals surface area contributed by atoms with Gasteiger partial charge in [0.05, 0.1) is 0 Å². The summed E-state index contributed by atoms with van der Waals surface area (Å²) in [5.74, 6) is 0.623. The molecule has 4 heteroatoms. The van der Waals surface area contributed by atoms with Crippen LogP contribution in [0.4, 0.5) is 0 Å². The van der Waals surface area contributed by atoms with Crippen molar-refractivity contribution in [1.29, 1.82) is 0 Å². The summed E-state index contributed by atoms with van der Waals surface area (Å²) in [6, 6.07) is 9.29. The molecule has 3 rings (SSSR count). The summed E-state index contributed by atoms with van der Waals surface area (Å²) < 4.78 is 0. The number of hydrogen-bond acceptors (Lipinski definition) is 2. The maximum atomic E-state index is 12.3. The van der Waals surface area contributed by atoms with E-state index in [0.717, 1.165) is 38.5 Å². The van der Waals surface area contributed by atoms with Crippen LogP contribution in [-0.2, 0) is 11.2 Å². The van der Waals surface area contributed by atoms with Crippen LogP contribution in [0.15, 0.2) is 24.3 Å². The largest absolute Gasteiger partial charge is 0.353 e. The van der Waals surface area contributed by atoms with Gasteiger partial charge < -0.3 is 11.1 Å². The molecule has 3 N–H and O–H groups in total. The highest BCUT2D eigenvalue weighted by atomic mass is 35.5. The second-order valence-corrected chi connectivity index (χ2v) is 6.67. The van der Waals surface area contributed by atoms with Gasteiger partial charge in [0.25, 0.3) is 0 Å². The number of carbonyl (C=O) groups excluding carboxylic acids is 1. The predicted molar refractivity (Wildman–Crippen MR) is 92.4 cm³/mol. The molecular weight excluding hydrogens is 296 g/mol. The molecule has 2 aliphatic carbocycles. The van der Waals surface area contributed by atoms with Crippen molar-refractivity contribution in [3.63, 3.8) is 0 Å². The van der Waals surface area contributed by atoms with E-state index in [1.807, 2.05) is 0 Å². The maximum Gasteiger partial charge on any atom is 0.220 e. The van der Waals surface area contributed by atoms with Crippen LogP contribution in [0, 0.1) is 0 Å². The fraction of sp³-hybridized carbons (Fsp3) is 0.611. The predicted octanol–water partition coefficient (Wildman–Crippen LogP) is 3.30. The molecule has 1 aromatic carbocycles. The molecule has 1 fully saturated rings. The average Bonchev–Trinajstić information content (AvgIpc) is 2.50. The van der Waals surface area contributed by atoms with Crippen LogP contribution >= 0.6 is 12.4 Å². The third kappa shape index (κ3) is 4.23. The Morgan fingerprint density at radius 2 is 1.86 bits per heavy atom. The van der Waals surface area contributed by atoms with Crippen molar-refractivity contribution in [2.45, 2.75) is 69.4 Å². The van der Waals surface area contributed by atoms with E-state index in [9.17, 15) is 4.79 Å². The Hall–Kier alpha value is -1.06. The molecule has 0 aliphatic heterocycles. The zero-order valence-electron chi connectivity index (χ0n) is 13.1. The van der Waals surface area contributed by atoms with Gasteiger partial charge in [0.2, 0.25) is 5.91 Å². The first kappa shape index (κ1) is 17.3. The van der Waals surface area contributed by atoms with Gasteiger partial charge in [-0.3, -0.25) is 4.79 Å². The van der Waals surface area contributed by atoms with Crippen molar-refractivity contribution >= 4 is 18.3 Å². The first-order chi connectivity index (χ1) is 10.2. The van der Waals surface area contributed by atoms with Gasteiger partial charge in [-0.25, -0.2) is 0 Å². The van der Waals surface area contributed by atoms with Crippen LogP contribution in [0.3, 0.4) is 0 Å². The van der Waals surface area contributed by atoms with E-state index in [1.54, 1.807) is 0 Å². The summed E-state index contributed by atoms with van der Waals surface area (Å²) in [5.41, 5.74) is 8.75. The van der Waals surface area contributed by atoms with E-state index in [0.29, 0.717) is 24.4 Å². The van der Waals surface area contributed by atoms with Crippen molar-refractivity contribution in [2.75, 3.05) is 0 Å². The molecule has 0 saturated heterocycles. The van der Waals surface area contributed by atoms with Gasteiger partial charge in [0.15, 0.2) is 0 Å². The van der Waals surface area contributed by atoms with Crippen molar-refractivity contribution in [3.05, 3.63) is 35.4 Å². The minimum Gasteiger partial charge on any atom is -0.353 e. The fourth-order valence-corrected chi connectivity index (χ4v) is 3.84. The number of fused-ring (bicyclic) bond motifs is 1. The molecule has 0 aromatic heterocycles. The van der Waals surface area contributed by atoms with E-state index >= 15 is 0 Å². The Morgan fingerprint density at radius 3 is 2.64 bits per heavy atom. The summed E-state index contributed by atoms with van der Waals surface area (Å²) in [5, 5.41) is 3.22. The highest BCUT2D eigenvalue weighted by molar-refractivity contribution is 5.85. The second-order valence-electron chi connectivity index (χ2n) is 6.67. The first-order valence-electron chi connectivity index (χ1n) is 8.35. The molecular formula is C18H27ClN2O. The monoisotopic (exact) mass is 322 g/mol. The molecule has 122 valence electrons. The first-order valence-corrected chi connectivity index (χ1v) is 8.35. The second kappa shape index (κ2) is 7.98. The van der Waals surface area contributed by atoms with Crippen molar-refractivity contribution in [3.8, 4) is 0 Å². The maximum absolute atomic E-state index is 12.3. The summed E-state index contributed by atoms with van der Waals surface area (Å²) in [6.07, 6.45) is 8.29. The molecule has 0 spiro atoms. The van der Waals surface area contributed by atoms with Crippen LogP contribution in [0.2, 0.25) is 0 Å². The Balaban J connectivity index is 0.00000176. The zero-order valence-corrected chi connectivity index (χ0v) is 13.9. The van der Waals surface area contributed by atoms with E-state index in [-0.39, 0.29) is 18.3 Å². The van der Waals surface area contributed by atoms with Gasteiger partial charge in [-0.1, -0.05) is 24.3 Å². The molecule has 0 radical (unpaired) electrons. The number of aryl methyl sites for hydroxylation is 1. The minimum atomic E-state index is 0. The molecule has 0 bridgehead atoms. The van der Waals surface area contributed by atoms with Gasteiger partial charge in [-0.15, -0.1) is 12.4 Å². The Labute approximate surface area is 139 Å². The van der Waals surface area contributed by atoms with Crippen LogP contribution < -0.4 is 11.1 Å². The Bertz CT molecular complexity index is 498. The molecule has 1 aromatic rings. The summed E-state index contributed by atoms with van der Waals surface area (Å²) in [6.45, 7) is 0. The summed E-state index contributed by atoms with van der Waals surface area (Å²) in [4.78, 5) is 12.3. The quantitative estimate of drug-likeness (QED) is 0.897. The van der Waals surface area contributed by atoms with Gasteiger partial charge in [0.1, 0.15) is 0 Å². The smallest absolute Gasteiger partial charge is 0.220 e. The lowest BCUT2D eigenvalue weighted by atomic mass is 9.81. The number of benzene rings is 1. The third-order valence-electron chi connectivity index (χ3n) is 5.06. The van der Waals surface area contributed by atoms with Crippen molar-refractivity contribution < 1.29 is 4.79 Å². The number of amides is 1. The van der Waals surface area contributed by atoms with E-state index in [1.165, 1.54) is 17.5 Å². The van der Waals surface area contributed by atoms with E-state index in [2.05, 4.69) is 29.6 Å². The van der Waals surface area contributed by atoms with E-state index in [4.69, 9.17) is 5.73 Å². The summed E-state index contributed by atoms with van der Waals surface area (Å²) >= 11 is 0. The molecule has 22 heavy (non-hydrogen) atoms. The van der Waals surface area contributed by atoms with Crippen molar-refractivity contribution in [1.82, 2.24) is 5.32 Å². The minimum absolute atomic E-state index is 0. The highest BCUT2D eigenvalue weighted by Crippen LogP contribution is 2.33. The molecule has 1 amide bonds. The van der Waals surface area contributed by atoms with Crippen molar-refractivity contribution in [2.24, 2.45) is 5.73 Å². The molecule has 1 atom stereocenters. The fourth-order valence-electron chi connectivity index (χ4n) is 3.84. The number of halogens is 1. The number of nitrogens with two attached hydrogens (primary N) is 1. The average molecular weight is 323 g/mol. The van der Waals surface area contributed by atoms with Crippen LogP contribution in [0.1, 0.15) is 62.0 Å².